The first-order valence-electron chi connectivity index (χ1n) is 6.52. The predicted octanol–water partition coefficient (Wildman–Crippen LogP) is 0.854. The van der Waals surface area contributed by atoms with E-state index >= 15 is 0 Å². The molecular formula is C12H17N7S. The zero-order chi connectivity index (χ0) is 14.1. The fourth-order valence-corrected chi connectivity index (χ4v) is 2.97. The van der Waals surface area contributed by atoms with Crippen molar-refractivity contribution in [1.29, 1.82) is 0 Å². The van der Waals surface area contributed by atoms with E-state index in [9.17, 15) is 0 Å². The average Bonchev–Trinajstić information content (AvgIpc) is 2.89. The molecule has 20 heavy (non-hydrogen) atoms. The minimum Gasteiger partial charge on any atom is -0.374 e. The SMILES string of the molecule is Cc1ncnc(N2CCN(c3nnc(N)s3)CC2)c1C. The molecule has 2 N–H and O–H groups in total. The third-order valence-electron chi connectivity index (χ3n) is 3.59. The monoisotopic (exact) mass is 291 g/mol. The molecule has 3 heterocycles. The normalized spacial score (nSPS) is 15.7. The quantitative estimate of drug-likeness (QED) is 0.878. The van der Waals surface area contributed by atoms with E-state index in [0.717, 1.165) is 48.4 Å². The Morgan fingerprint density at radius 3 is 2.40 bits per heavy atom. The molecule has 1 aliphatic rings. The summed E-state index contributed by atoms with van der Waals surface area (Å²) in [4.78, 5) is 13.1. The van der Waals surface area contributed by atoms with E-state index in [1.54, 1.807) is 6.33 Å². The maximum absolute atomic E-state index is 5.63. The van der Waals surface area contributed by atoms with E-state index in [-0.39, 0.29) is 0 Å². The van der Waals surface area contributed by atoms with Gasteiger partial charge in [0.1, 0.15) is 12.1 Å². The topological polar surface area (TPSA) is 84.1 Å². The van der Waals surface area contributed by atoms with E-state index in [2.05, 4.69) is 36.9 Å². The van der Waals surface area contributed by atoms with Crippen LogP contribution in [0.15, 0.2) is 6.33 Å². The summed E-state index contributed by atoms with van der Waals surface area (Å²) in [5.41, 5.74) is 7.82. The van der Waals surface area contributed by atoms with Gasteiger partial charge in [0.25, 0.3) is 0 Å². The summed E-state index contributed by atoms with van der Waals surface area (Å²) in [5, 5.41) is 9.38. The van der Waals surface area contributed by atoms with E-state index in [1.807, 2.05) is 6.92 Å². The van der Waals surface area contributed by atoms with Gasteiger partial charge in [-0.15, -0.1) is 10.2 Å². The number of piperazine rings is 1. The highest BCUT2D eigenvalue weighted by Crippen LogP contribution is 2.25. The van der Waals surface area contributed by atoms with E-state index in [4.69, 9.17) is 5.73 Å². The second-order valence-corrected chi connectivity index (χ2v) is 5.79. The Morgan fingerprint density at radius 2 is 1.75 bits per heavy atom. The van der Waals surface area contributed by atoms with E-state index in [1.165, 1.54) is 11.3 Å². The van der Waals surface area contributed by atoms with Crippen LogP contribution in [0, 0.1) is 13.8 Å². The molecule has 0 unspecified atom stereocenters. The number of anilines is 3. The first-order chi connectivity index (χ1) is 9.65. The van der Waals surface area contributed by atoms with E-state index in [0.29, 0.717) is 5.13 Å². The van der Waals surface area contributed by atoms with E-state index < -0.39 is 0 Å². The highest BCUT2D eigenvalue weighted by Gasteiger charge is 2.22. The highest BCUT2D eigenvalue weighted by molar-refractivity contribution is 7.18. The second-order valence-electron chi connectivity index (χ2n) is 4.80. The lowest BCUT2D eigenvalue weighted by atomic mass is 10.2. The van der Waals surface area contributed by atoms with Gasteiger partial charge in [-0.2, -0.15) is 0 Å². The van der Waals surface area contributed by atoms with Gasteiger partial charge in [-0.1, -0.05) is 11.3 Å². The van der Waals surface area contributed by atoms with Crippen molar-refractivity contribution in [1.82, 2.24) is 20.2 Å². The Kier molecular flexibility index (Phi) is 3.39. The summed E-state index contributed by atoms with van der Waals surface area (Å²) >= 11 is 1.43. The number of hydrogen-bond acceptors (Lipinski definition) is 8. The van der Waals surface area contributed by atoms with Crippen molar-refractivity contribution in [2.45, 2.75) is 13.8 Å². The molecule has 1 aliphatic heterocycles. The zero-order valence-corrected chi connectivity index (χ0v) is 12.4. The summed E-state index contributed by atoms with van der Waals surface area (Å²) in [6.07, 6.45) is 1.63. The van der Waals surface area contributed by atoms with Gasteiger partial charge in [0, 0.05) is 37.4 Å². The molecule has 0 radical (unpaired) electrons. The van der Waals surface area contributed by atoms with Crippen molar-refractivity contribution in [3.8, 4) is 0 Å². The number of aromatic nitrogens is 4. The van der Waals surface area contributed by atoms with Crippen LogP contribution >= 0.6 is 11.3 Å². The molecule has 0 aliphatic carbocycles. The lowest BCUT2D eigenvalue weighted by Crippen LogP contribution is -2.47. The molecule has 106 valence electrons. The van der Waals surface area contributed by atoms with Crippen molar-refractivity contribution in [3.05, 3.63) is 17.6 Å². The van der Waals surface area contributed by atoms with Crippen LogP contribution in [0.4, 0.5) is 16.1 Å². The largest absolute Gasteiger partial charge is 0.374 e. The molecule has 2 aromatic heterocycles. The number of nitrogens with zero attached hydrogens (tertiary/aromatic N) is 6. The summed E-state index contributed by atoms with van der Waals surface area (Å²) < 4.78 is 0. The molecule has 3 rings (SSSR count). The molecule has 1 fully saturated rings. The highest BCUT2D eigenvalue weighted by atomic mass is 32.1. The Hall–Kier alpha value is -1.96. The molecule has 1 saturated heterocycles. The van der Waals surface area contributed by atoms with Crippen LogP contribution in [-0.2, 0) is 0 Å². The van der Waals surface area contributed by atoms with Crippen LogP contribution in [0.25, 0.3) is 0 Å². The van der Waals surface area contributed by atoms with Gasteiger partial charge in [0.2, 0.25) is 10.3 Å². The van der Waals surface area contributed by atoms with Crippen LogP contribution in [0.1, 0.15) is 11.3 Å². The lowest BCUT2D eigenvalue weighted by Gasteiger charge is -2.35. The molecule has 0 saturated carbocycles. The van der Waals surface area contributed by atoms with Crippen LogP contribution in [0.5, 0.6) is 0 Å². The molecule has 0 amide bonds. The predicted molar refractivity (Wildman–Crippen MR) is 80.3 cm³/mol. The third-order valence-corrected chi connectivity index (χ3v) is 4.40. The van der Waals surface area contributed by atoms with Gasteiger partial charge in [-0.3, -0.25) is 0 Å². The fraction of sp³-hybridized carbons (Fsp3) is 0.500. The molecule has 7 nitrogen and oxygen atoms in total. The number of nitrogen functional groups attached to an aromatic ring is 1. The summed E-state index contributed by atoms with van der Waals surface area (Å²) in [6.45, 7) is 7.71. The van der Waals surface area contributed by atoms with Crippen LogP contribution in [0.3, 0.4) is 0 Å². The molecule has 8 heteroatoms. The van der Waals surface area contributed by atoms with Gasteiger partial charge >= 0.3 is 0 Å². The van der Waals surface area contributed by atoms with Crippen LogP contribution < -0.4 is 15.5 Å². The molecular weight excluding hydrogens is 274 g/mol. The molecule has 0 aromatic carbocycles. The smallest absolute Gasteiger partial charge is 0.210 e. The standard InChI is InChI=1S/C12H17N7S/c1-8-9(2)14-7-15-10(8)18-3-5-19(6-4-18)12-17-16-11(13)20-12/h7H,3-6H2,1-2H3,(H2,13,16). The zero-order valence-electron chi connectivity index (χ0n) is 11.6. The Bertz CT molecular complexity index is 604. The Morgan fingerprint density at radius 1 is 1.05 bits per heavy atom. The van der Waals surface area contributed by atoms with Gasteiger partial charge in [0.05, 0.1) is 0 Å². The third kappa shape index (κ3) is 2.38. The average molecular weight is 291 g/mol. The van der Waals surface area contributed by atoms with Crippen LogP contribution in [0.2, 0.25) is 0 Å². The maximum atomic E-state index is 5.63. The number of aryl methyl sites for hydroxylation is 1. The van der Waals surface area contributed by atoms with Crippen molar-refractivity contribution in [2.75, 3.05) is 41.7 Å². The van der Waals surface area contributed by atoms with Crippen molar-refractivity contribution in [2.24, 2.45) is 0 Å². The molecule has 0 spiro atoms. The van der Waals surface area contributed by atoms with Crippen molar-refractivity contribution in [3.63, 3.8) is 0 Å². The van der Waals surface area contributed by atoms with Crippen LogP contribution in [-0.4, -0.2) is 46.3 Å². The number of rotatable bonds is 2. The summed E-state index contributed by atoms with van der Waals surface area (Å²) in [6, 6.07) is 0. The first kappa shape index (κ1) is 13.0. The summed E-state index contributed by atoms with van der Waals surface area (Å²) in [7, 11) is 0. The summed E-state index contributed by atoms with van der Waals surface area (Å²) in [5.74, 6) is 1.04. The van der Waals surface area contributed by atoms with Crippen molar-refractivity contribution >= 4 is 27.4 Å². The fourth-order valence-electron chi connectivity index (χ4n) is 2.31. The number of hydrogen-bond donors (Lipinski definition) is 1. The first-order valence-corrected chi connectivity index (χ1v) is 7.34. The molecule has 2 aromatic rings. The molecule has 0 bridgehead atoms. The minimum absolute atomic E-state index is 0.518. The maximum Gasteiger partial charge on any atom is 0.210 e. The van der Waals surface area contributed by atoms with Gasteiger partial charge in [0.15, 0.2) is 0 Å². The molecule has 0 atom stereocenters. The Labute approximate surface area is 121 Å². The Balaban J connectivity index is 1.71. The van der Waals surface area contributed by atoms with Crippen molar-refractivity contribution < 1.29 is 0 Å². The van der Waals surface area contributed by atoms with Gasteiger partial charge in [-0.25, -0.2) is 9.97 Å². The van der Waals surface area contributed by atoms with Gasteiger partial charge < -0.3 is 15.5 Å². The van der Waals surface area contributed by atoms with Gasteiger partial charge in [-0.05, 0) is 13.8 Å². The number of nitrogens with two attached hydrogens (primary N) is 1. The minimum atomic E-state index is 0.518. The lowest BCUT2D eigenvalue weighted by molar-refractivity contribution is 0.641. The second kappa shape index (κ2) is 5.20.